The van der Waals surface area contributed by atoms with Crippen LogP contribution in [-0.4, -0.2) is 15.9 Å². The Morgan fingerprint density at radius 3 is 2.58 bits per heavy atom. The number of nitrogen functional groups attached to an aromatic ring is 1. The van der Waals surface area contributed by atoms with Gasteiger partial charge in [-0.25, -0.2) is 14.4 Å². The maximum Gasteiger partial charge on any atom is 0.258 e. The lowest BCUT2D eigenvalue weighted by Gasteiger charge is -2.18. The van der Waals surface area contributed by atoms with E-state index in [2.05, 4.69) is 27.4 Å². The molecule has 4 aromatic rings. The highest BCUT2D eigenvalue weighted by Gasteiger charge is 2.16. The molecule has 5 rings (SSSR count). The third-order valence-corrected chi connectivity index (χ3v) is 6.05. The fourth-order valence-corrected chi connectivity index (χ4v) is 4.24. The van der Waals surface area contributed by atoms with Crippen molar-refractivity contribution in [2.45, 2.75) is 25.2 Å². The Morgan fingerprint density at radius 1 is 1.00 bits per heavy atom. The number of nitrogens with zero attached hydrogens (tertiary/aromatic N) is 2. The van der Waals surface area contributed by atoms with Gasteiger partial charge in [0.2, 0.25) is 5.95 Å². The van der Waals surface area contributed by atoms with E-state index in [-0.39, 0.29) is 11.5 Å². The van der Waals surface area contributed by atoms with Gasteiger partial charge in [0.15, 0.2) is 0 Å². The number of carbonyl (C=O) groups is 1. The van der Waals surface area contributed by atoms with Crippen LogP contribution in [0.2, 0.25) is 0 Å². The minimum Gasteiger partial charge on any atom is -0.368 e. The zero-order chi connectivity index (χ0) is 22.8. The van der Waals surface area contributed by atoms with Gasteiger partial charge in [-0.2, -0.15) is 0 Å². The fourth-order valence-electron chi connectivity index (χ4n) is 4.24. The van der Waals surface area contributed by atoms with Crippen molar-refractivity contribution >= 4 is 28.4 Å². The van der Waals surface area contributed by atoms with E-state index >= 15 is 0 Å². The summed E-state index contributed by atoms with van der Waals surface area (Å²) in [5.74, 6) is -0.337. The van der Waals surface area contributed by atoms with Crippen molar-refractivity contribution in [3.05, 3.63) is 96.0 Å². The molecule has 0 radical (unpaired) electrons. The summed E-state index contributed by atoms with van der Waals surface area (Å²) < 4.78 is 14.5. The summed E-state index contributed by atoms with van der Waals surface area (Å²) in [4.78, 5) is 21.1. The van der Waals surface area contributed by atoms with Crippen LogP contribution >= 0.6 is 0 Å². The minimum atomic E-state index is -0.571. The number of hydrogen-bond donors (Lipinski definition) is 2. The number of anilines is 2. The second-order valence-corrected chi connectivity index (χ2v) is 8.25. The van der Waals surface area contributed by atoms with Crippen LogP contribution < -0.4 is 11.1 Å². The van der Waals surface area contributed by atoms with Gasteiger partial charge < -0.3 is 11.1 Å². The van der Waals surface area contributed by atoms with Crippen molar-refractivity contribution in [1.29, 1.82) is 0 Å². The third-order valence-electron chi connectivity index (χ3n) is 6.05. The first kappa shape index (κ1) is 20.8. The molecule has 164 valence electrons. The molecule has 0 bridgehead atoms. The van der Waals surface area contributed by atoms with Crippen LogP contribution in [-0.2, 0) is 0 Å². The fraction of sp³-hybridized carbons (Fsp3) is 0.148. The number of fused-ring (bicyclic) bond motifs is 1. The average molecular weight is 439 g/mol. The summed E-state index contributed by atoms with van der Waals surface area (Å²) >= 11 is 0. The van der Waals surface area contributed by atoms with Crippen molar-refractivity contribution in [2.75, 3.05) is 11.1 Å². The lowest BCUT2D eigenvalue weighted by molar-refractivity contribution is 0.102. The highest BCUT2D eigenvalue weighted by molar-refractivity contribution is 6.05. The Morgan fingerprint density at radius 2 is 1.79 bits per heavy atom. The molecule has 1 aliphatic rings. The number of aromatic nitrogens is 2. The molecule has 3 N–H and O–H groups in total. The lowest BCUT2D eigenvalue weighted by atomic mass is 9.88. The molecule has 0 saturated heterocycles. The van der Waals surface area contributed by atoms with Crippen molar-refractivity contribution in [1.82, 2.24) is 9.97 Å². The first-order valence-corrected chi connectivity index (χ1v) is 11.0. The Kier molecular flexibility index (Phi) is 5.57. The Labute approximate surface area is 191 Å². The summed E-state index contributed by atoms with van der Waals surface area (Å²) in [5, 5.41) is 3.63. The number of rotatable bonds is 4. The van der Waals surface area contributed by atoms with Crippen LogP contribution in [0.5, 0.6) is 0 Å². The predicted molar refractivity (Wildman–Crippen MR) is 129 cm³/mol. The molecule has 1 heterocycles. The summed E-state index contributed by atoms with van der Waals surface area (Å²) in [6, 6.07) is 17.9. The molecule has 1 atom stereocenters. The van der Waals surface area contributed by atoms with Crippen LogP contribution in [0.3, 0.4) is 0 Å². The standard InChI is InChI=1S/C27H23FN4O/c28-24-12-8-20(19-9-13-25-21(14-19)16-30-27(29)32-25)15-23(24)26(33)31-22-10-6-18(7-11-22)17-4-2-1-3-5-17/h1-2,6-17H,3-5H2,(H,31,33)(H2,29,30,32). The molecule has 0 saturated carbocycles. The molecule has 0 fully saturated rings. The van der Waals surface area contributed by atoms with Crippen LogP contribution in [0.15, 0.2) is 79.0 Å². The van der Waals surface area contributed by atoms with Crippen LogP contribution in [0.1, 0.15) is 41.1 Å². The van der Waals surface area contributed by atoms with Crippen LogP contribution in [0.25, 0.3) is 22.0 Å². The highest BCUT2D eigenvalue weighted by atomic mass is 19.1. The molecule has 0 aliphatic heterocycles. The maximum atomic E-state index is 14.5. The normalized spacial score (nSPS) is 15.5. The van der Waals surface area contributed by atoms with E-state index in [0.29, 0.717) is 11.6 Å². The number of halogens is 1. The van der Waals surface area contributed by atoms with Crippen molar-refractivity contribution < 1.29 is 9.18 Å². The first-order chi connectivity index (χ1) is 16.1. The second-order valence-electron chi connectivity index (χ2n) is 8.25. The van der Waals surface area contributed by atoms with E-state index in [4.69, 9.17) is 5.73 Å². The van der Waals surface area contributed by atoms with E-state index in [1.807, 2.05) is 42.5 Å². The molecular weight excluding hydrogens is 415 g/mol. The molecule has 5 nitrogen and oxygen atoms in total. The molecular formula is C27H23FN4O. The van der Waals surface area contributed by atoms with Gasteiger partial charge in [-0.3, -0.25) is 4.79 Å². The minimum absolute atomic E-state index is 0.0114. The number of nitrogens with two attached hydrogens (primary N) is 1. The van der Waals surface area contributed by atoms with Gasteiger partial charge in [0.25, 0.3) is 5.91 Å². The van der Waals surface area contributed by atoms with E-state index in [1.165, 1.54) is 11.6 Å². The molecule has 33 heavy (non-hydrogen) atoms. The van der Waals surface area contributed by atoms with Crippen molar-refractivity contribution in [3.8, 4) is 11.1 Å². The number of nitrogens with one attached hydrogen (secondary N) is 1. The second kappa shape index (κ2) is 8.82. The zero-order valence-corrected chi connectivity index (χ0v) is 18.0. The predicted octanol–water partition coefficient (Wildman–Crippen LogP) is 6.09. The maximum absolute atomic E-state index is 14.5. The Balaban J connectivity index is 1.37. The largest absolute Gasteiger partial charge is 0.368 e. The van der Waals surface area contributed by atoms with Gasteiger partial charge in [-0.15, -0.1) is 0 Å². The molecule has 6 heteroatoms. The van der Waals surface area contributed by atoms with Gasteiger partial charge in [-0.1, -0.05) is 36.4 Å². The Bertz CT molecular complexity index is 1360. The summed E-state index contributed by atoms with van der Waals surface area (Å²) in [5.41, 5.74) is 9.80. The monoisotopic (exact) mass is 438 g/mol. The van der Waals surface area contributed by atoms with Gasteiger partial charge >= 0.3 is 0 Å². The van der Waals surface area contributed by atoms with E-state index in [9.17, 15) is 9.18 Å². The van der Waals surface area contributed by atoms with E-state index in [1.54, 1.807) is 18.3 Å². The number of carbonyl (C=O) groups excluding carboxylic acids is 1. The quantitative estimate of drug-likeness (QED) is 0.378. The Hall–Kier alpha value is -4.06. The van der Waals surface area contributed by atoms with E-state index in [0.717, 1.165) is 41.3 Å². The number of amides is 1. The lowest BCUT2D eigenvalue weighted by Crippen LogP contribution is -2.14. The highest BCUT2D eigenvalue weighted by Crippen LogP contribution is 2.30. The molecule has 1 aromatic heterocycles. The molecule has 1 unspecified atom stereocenters. The first-order valence-electron chi connectivity index (χ1n) is 11.0. The molecule has 3 aromatic carbocycles. The van der Waals surface area contributed by atoms with Crippen molar-refractivity contribution in [3.63, 3.8) is 0 Å². The van der Waals surface area contributed by atoms with Crippen LogP contribution in [0.4, 0.5) is 16.0 Å². The van der Waals surface area contributed by atoms with Crippen molar-refractivity contribution in [2.24, 2.45) is 0 Å². The van der Waals surface area contributed by atoms with E-state index < -0.39 is 11.7 Å². The number of hydrogen-bond acceptors (Lipinski definition) is 4. The molecule has 1 aliphatic carbocycles. The smallest absolute Gasteiger partial charge is 0.258 e. The molecule has 0 spiro atoms. The van der Waals surface area contributed by atoms with Gasteiger partial charge in [0.1, 0.15) is 5.82 Å². The SMILES string of the molecule is Nc1ncc2cc(-c3ccc(F)c(C(=O)Nc4ccc(C5CC=CCC5)cc4)c3)ccc2n1. The average Bonchev–Trinajstić information content (AvgIpc) is 2.85. The number of benzene rings is 3. The van der Waals surface area contributed by atoms with Gasteiger partial charge in [0.05, 0.1) is 11.1 Å². The van der Waals surface area contributed by atoms with Gasteiger partial charge in [-0.05, 0) is 78.3 Å². The van der Waals surface area contributed by atoms with Crippen LogP contribution in [0, 0.1) is 5.82 Å². The third kappa shape index (κ3) is 4.46. The summed E-state index contributed by atoms with van der Waals surface area (Å²) in [7, 11) is 0. The molecule has 1 amide bonds. The number of allylic oxidation sites excluding steroid dienone is 2. The van der Waals surface area contributed by atoms with Gasteiger partial charge in [0, 0.05) is 17.3 Å². The summed E-state index contributed by atoms with van der Waals surface area (Å²) in [6.45, 7) is 0. The topological polar surface area (TPSA) is 80.9 Å². The summed E-state index contributed by atoms with van der Waals surface area (Å²) in [6.07, 6.45) is 9.35. The zero-order valence-electron chi connectivity index (χ0n) is 18.0.